The van der Waals surface area contributed by atoms with Crippen LogP contribution in [0.5, 0.6) is 17.2 Å². The molecule has 0 saturated heterocycles. The van der Waals surface area contributed by atoms with Gasteiger partial charge in [-0.05, 0) is 36.8 Å². The van der Waals surface area contributed by atoms with Gasteiger partial charge < -0.3 is 19.5 Å². The second-order valence-electron chi connectivity index (χ2n) is 7.11. The lowest BCUT2D eigenvalue weighted by Gasteiger charge is -2.34. The average Bonchev–Trinajstić information content (AvgIpc) is 2.70. The molecule has 2 aromatic carbocycles. The number of carbonyl (C=O) groups is 1. The fourth-order valence-corrected chi connectivity index (χ4v) is 4.21. The van der Waals surface area contributed by atoms with Crippen LogP contribution in [0.15, 0.2) is 42.5 Å². The van der Waals surface area contributed by atoms with Crippen LogP contribution in [0.4, 0.5) is 5.69 Å². The summed E-state index contributed by atoms with van der Waals surface area (Å²) in [5.41, 5.74) is 1.34. The van der Waals surface area contributed by atoms with Crippen molar-refractivity contribution in [2.75, 3.05) is 30.3 Å². The Kier molecular flexibility index (Phi) is 4.99. The van der Waals surface area contributed by atoms with Gasteiger partial charge in [0.2, 0.25) is 10.0 Å². The minimum atomic E-state index is -3.56. The van der Waals surface area contributed by atoms with Gasteiger partial charge in [0.15, 0.2) is 17.6 Å². The van der Waals surface area contributed by atoms with Crippen LogP contribution in [0.25, 0.3) is 0 Å². The monoisotopic (exact) mass is 418 g/mol. The van der Waals surface area contributed by atoms with Gasteiger partial charge in [-0.2, -0.15) is 0 Å². The molecular formula is C20H22N2O6S. The molecular weight excluding hydrogens is 396 g/mol. The van der Waals surface area contributed by atoms with E-state index in [1.54, 1.807) is 18.2 Å². The highest BCUT2D eigenvalue weighted by Gasteiger charge is 2.35. The molecule has 8 nitrogen and oxygen atoms in total. The summed E-state index contributed by atoms with van der Waals surface area (Å²) in [6, 6.07) is 12.5. The third-order valence-electron chi connectivity index (χ3n) is 4.75. The Morgan fingerprint density at radius 2 is 1.90 bits per heavy atom. The van der Waals surface area contributed by atoms with E-state index in [4.69, 9.17) is 14.2 Å². The number of amides is 1. The van der Waals surface area contributed by atoms with Crippen molar-refractivity contribution in [1.29, 1.82) is 0 Å². The molecule has 4 rings (SSSR count). The summed E-state index contributed by atoms with van der Waals surface area (Å²) in [7, 11) is -3.56. The molecule has 2 aromatic rings. The maximum absolute atomic E-state index is 12.7. The van der Waals surface area contributed by atoms with Crippen molar-refractivity contribution in [3.8, 4) is 17.2 Å². The predicted molar refractivity (Wildman–Crippen MR) is 107 cm³/mol. The number of nitrogens with zero attached hydrogens (tertiary/aromatic N) is 1. The van der Waals surface area contributed by atoms with Crippen LogP contribution >= 0.6 is 0 Å². The molecule has 9 heteroatoms. The Balaban J connectivity index is 1.43. The van der Waals surface area contributed by atoms with E-state index in [0.29, 0.717) is 29.5 Å². The van der Waals surface area contributed by atoms with E-state index in [2.05, 4.69) is 5.32 Å². The van der Waals surface area contributed by atoms with E-state index in [9.17, 15) is 13.2 Å². The molecule has 2 aliphatic heterocycles. The van der Waals surface area contributed by atoms with Gasteiger partial charge in [0.25, 0.3) is 5.91 Å². The van der Waals surface area contributed by atoms with Crippen molar-refractivity contribution in [3.63, 3.8) is 0 Å². The summed E-state index contributed by atoms with van der Waals surface area (Å²) >= 11 is 0. The molecule has 2 atom stereocenters. The van der Waals surface area contributed by atoms with E-state index in [0.717, 1.165) is 11.8 Å². The van der Waals surface area contributed by atoms with Crippen molar-refractivity contribution < 1.29 is 27.4 Å². The van der Waals surface area contributed by atoms with Crippen LogP contribution in [0.3, 0.4) is 0 Å². The molecule has 0 fully saturated rings. The second-order valence-corrected chi connectivity index (χ2v) is 9.02. The molecule has 1 amide bonds. The lowest BCUT2D eigenvalue weighted by Crippen LogP contribution is -2.52. The number of sulfonamides is 1. The first-order valence-corrected chi connectivity index (χ1v) is 11.1. The number of hydrogen-bond donors (Lipinski definition) is 1. The Hall–Kier alpha value is -2.94. The number of ether oxygens (including phenoxy) is 3. The Bertz CT molecular complexity index is 1040. The minimum absolute atomic E-state index is 0.0913. The molecule has 29 heavy (non-hydrogen) atoms. The van der Waals surface area contributed by atoms with Gasteiger partial charge in [-0.3, -0.25) is 9.10 Å². The Morgan fingerprint density at radius 1 is 1.14 bits per heavy atom. The summed E-state index contributed by atoms with van der Waals surface area (Å²) in [6.07, 6.45) is -0.195. The van der Waals surface area contributed by atoms with Gasteiger partial charge in [0, 0.05) is 0 Å². The molecule has 0 unspecified atom stereocenters. The van der Waals surface area contributed by atoms with Crippen molar-refractivity contribution in [3.05, 3.63) is 48.0 Å². The zero-order chi connectivity index (χ0) is 20.6. The summed E-state index contributed by atoms with van der Waals surface area (Å²) in [6.45, 7) is 2.29. The highest BCUT2D eigenvalue weighted by atomic mass is 32.2. The number of hydrogen-bond acceptors (Lipinski definition) is 6. The number of nitrogens with one attached hydrogen (secondary N) is 1. The van der Waals surface area contributed by atoms with E-state index < -0.39 is 22.0 Å². The van der Waals surface area contributed by atoms with E-state index >= 15 is 0 Å². The zero-order valence-electron chi connectivity index (χ0n) is 16.1. The number of benzene rings is 2. The number of para-hydroxylation sites is 2. The molecule has 0 aromatic heterocycles. The molecule has 0 saturated carbocycles. The number of fused-ring (bicyclic) bond motifs is 2. The SMILES string of the molecule is Cc1ccc2c(c1)N(S(C)(=O)=O)C[C@@H](C(=O)NC[C@H]1COc3ccccc3O1)O2. The first-order chi connectivity index (χ1) is 13.8. The first-order valence-electron chi connectivity index (χ1n) is 9.22. The molecule has 2 heterocycles. The summed E-state index contributed by atoms with van der Waals surface area (Å²) in [5, 5.41) is 2.78. The predicted octanol–water partition coefficient (Wildman–Crippen LogP) is 1.48. The molecule has 154 valence electrons. The summed E-state index contributed by atoms with van der Waals surface area (Å²) in [5.74, 6) is 1.24. The van der Waals surface area contributed by atoms with Crippen LogP contribution in [-0.4, -0.2) is 52.5 Å². The van der Waals surface area contributed by atoms with Crippen molar-refractivity contribution in [1.82, 2.24) is 5.32 Å². The Labute approximate surface area is 169 Å². The lowest BCUT2D eigenvalue weighted by atomic mass is 10.1. The highest BCUT2D eigenvalue weighted by molar-refractivity contribution is 7.92. The van der Waals surface area contributed by atoms with Gasteiger partial charge in [-0.25, -0.2) is 8.42 Å². The van der Waals surface area contributed by atoms with E-state index in [1.165, 1.54) is 4.31 Å². The maximum Gasteiger partial charge on any atom is 0.263 e. The number of carbonyl (C=O) groups excluding carboxylic acids is 1. The Morgan fingerprint density at radius 3 is 2.66 bits per heavy atom. The zero-order valence-corrected chi connectivity index (χ0v) is 16.9. The number of anilines is 1. The number of aryl methyl sites for hydroxylation is 1. The van der Waals surface area contributed by atoms with Gasteiger partial charge in [0.1, 0.15) is 18.5 Å². The quantitative estimate of drug-likeness (QED) is 0.808. The third kappa shape index (κ3) is 4.09. The normalized spacial score (nSPS) is 20.4. The summed E-state index contributed by atoms with van der Waals surface area (Å²) < 4.78 is 43.0. The lowest BCUT2D eigenvalue weighted by molar-refractivity contribution is -0.128. The van der Waals surface area contributed by atoms with Crippen LogP contribution in [0, 0.1) is 6.92 Å². The topological polar surface area (TPSA) is 94.2 Å². The second kappa shape index (κ2) is 7.47. The van der Waals surface area contributed by atoms with Crippen LogP contribution in [0.1, 0.15) is 5.56 Å². The molecule has 1 N–H and O–H groups in total. The smallest absolute Gasteiger partial charge is 0.263 e. The van der Waals surface area contributed by atoms with Crippen molar-refractivity contribution in [2.24, 2.45) is 0 Å². The van der Waals surface area contributed by atoms with Gasteiger partial charge >= 0.3 is 0 Å². The molecule has 0 bridgehead atoms. The standard InChI is InChI=1S/C20H22N2O6S/c1-13-7-8-16-15(9-13)22(29(2,24)25)11-19(28-16)20(23)21-10-14-12-26-17-5-3-4-6-18(17)27-14/h3-9,14,19H,10-12H2,1-2H3,(H,21,23)/t14-,19-/m0/s1. The van der Waals surface area contributed by atoms with Gasteiger partial charge in [0.05, 0.1) is 25.0 Å². The summed E-state index contributed by atoms with van der Waals surface area (Å²) in [4.78, 5) is 12.7. The molecule has 0 aliphatic carbocycles. The third-order valence-corrected chi connectivity index (χ3v) is 5.89. The average molecular weight is 418 g/mol. The fraction of sp³-hybridized carbons (Fsp3) is 0.350. The molecule has 2 aliphatic rings. The van der Waals surface area contributed by atoms with Gasteiger partial charge in [-0.15, -0.1) is 0 Å². The minimum Gasteiger partial charge on any atom is -0.486 e. The van der Waals surface area contributed by atoms with E-state index in [1.807, 2.05) is 31.2 Å². The van der Waals surface area contributed by atoms with Crippen LogP contribution < -0.4 is 23.8 Å². The largest absolute Gasteiger partial charge is 0.486 e. The van der Waals surface area contributed by atoms with Gasteiger partial charge in [-0.1, -0.05) is 18.2 Å². The fourth-order valence-electron chi connectivity index (χ4n) is 3.30. The van der Waals surface area contributed by atoms with Crippen molar-refractivity contribution >= 4 is 21.6 Å². The molecule has 0 spiro atoms. The maximum atomic E-state index is 12.7. The number of rotatable bonds is 4. The van der Waals surface area contributed by atoms with Crippen LogP contribution in [-0.2, 0) is 14.8 Å². The van der Waals surface area contributed by atoms with Crippen molar-refractivity contribution in [2.45, 2.75) is 19.1 Å². The van der Waals surface area contributed by atoms with Crippen LogP contribution in [0.2, 0.25) is 0 Å². The molecule has 0 radical (unpaired) electrons. The highest BCUT2D eigenvalue weighted by Crippen LogP contribution is 2.36. The van der Waals surface area contributed by atoms with E-state index in [-0.39, 0.29) is 19.2 Å². The first kappa shape index (κ1) is 19.4.